The summed E-state index contributed by atoms with van der Waals surface area (Å²) in [5.41, 5.74) is 7.53. The van der Waals surface area contributed by atoms with Gasteiger partial charge in [-0.3, -0.25) is 4.79 Å². The van der Waals surface area contributed by atoms with E-state index in [9.17, 15) is 4.79 Å². The van der Waals surface area contributed by atoms with Gasteiger partial charge >= 0.3 is 0 Å². The van der Waals surface area contributed by atoms with Gasteiger partial charge in [0.25, 0.3) is 5.91 Å². The van der Waals surface area contributed by atoms with Crippen LogP contribution in [0, 0.1) is 12.8 Å². The van der Waals surface area contributed by atoms with E-state index in [1.807, 2.05) is 45.0 Å². The maximum absolute atomic E-state index is 12.2. The summed E-state index contributed by atoms with van der Waals surface area (Å²) in [5.74, 6) is 0.258. The number of amides is 1. The van der Waals surface area contributed by atoms with Gasteiger partial charge in [0.15, 0.2) is 0 Å². The summed E-state index contributed by atoms with van der Waals surface area (Å²) < 4.78 is 0. The zero-order chi connectivity index (χ0) is 15.4. The Morgan fingerprint density at radius 2 is 2.05 bits per heavy atom. The van der Waals surface area contributed by atoms with Crippen LogP contribution in [0.2, 0.25) is 0 Å². The first kappa shape index (κ1) is 15.2. The first-order valence-electron chi connectivity index (χ1n) is 7.24. The molecule has 2 rings (SSSR count). The average Bonchev–Trinajstić information content (AvgIpc) is 2.46. The van der Waals surface area contributed by atoms with Gasteiger partial charge in [-0.25, -0.2) is 5.43 Å². The fourth-order valence-electron chi connectivity index (χ4n) is 2.43. The molecule has 1 aliphatic carbocycles. The number of aryl methyl sites for hydroxylation is 1. The van der Waals surface area contributed by atoms with Crippen LogP contribution in [0.25, 0.3) is 0 Å². The molecular formula is C18H22N2O. The third-order valence-electron chi connectivity index (χ3n) is 3.98. The number of hydrogen-bond donors (Lipinski definition) is 1. The van der Waals surface area contributed by atoms with Gasteiger partial charge < -0.3 is 0 Å². The molecule has 0 bridgehead atoms. The first-order chi connectivity index (χ1) is 9.99. The zero-order valence-corrected chi connectivity index (χ0v) is 12.9. The number of nitrogens with zero attached hydrogens (tertiary/aromatic N) is 1. The minimum atomic E-state index is -0.161. The summed E-state index contributed by atoms with van der Waals surface area (Å²) in [6, 6.07) is 7.51. The van der Waals surface area contributed by atoms with Gasteiger partial charge in [0.05, 0.1) is 5.71 Å². The number of rotatable bonds is 3. The van der Waals surface area contributed by atoms with E-state index in [2.05, 4.69) is 23.2 Å². The molecule has 21 heavy (non-hydrogen) atoms. The minimum absolute atomic E-state index is 0.161. The van der Waals surface area contributed by atoms with E-state index in [0.717, 1.165) is 35.3 Å². The summed E-state index contributed by atoms with van der Waals surface area (Å²) in [7, 11) is 0. The van der Waals surface area contributed by atoms with Crippen molar-refractivity contribution in [3.05, 3.63) is 59.2 Å². The van der Waals surface area contributed by atoms with Crippen molar-refractivity contribution in [2.75, 3.05) is 0 Å². The summed E-state index contributed by atoms with van der Waals surface area (Å²) >= 11 is 0. The van der Waals surface area contributed by atoms with Crippen LogP contribution in [0.5, 0.6) is 0 Å². The topological polar surface area (TPSA) is 41.5 Å². The highest BCUT2D eigenvalue weighted by Crippen LogP contribution is 2.26. The molecule has 1 aliphatic rings. The van der Waals surface area contributed by atoms with E-state index < -0.39 is 0 Å². The maximum Gasteiger partial charge on any atom is 0.271 e. The zero-order valence-electron chi connectivity index (χ0n) is 12.9. The number of hydrazone groups is 1. The molecule has 1 N–H and O–H groups in total. The Morgan fingerprint density at radius 1 is 1.33 bits per heavy atom. The van der Waals surface area contributed by atoms with Crippen LogP contribution in [0.3, 0.4) is 0 Å². The van der Waals surface area contributed by atoms with E-state index in [0.29, 0.717) is 11.5 Å². The van der Waals surface area contributed by atoms with Crippen LogP contribution in [0.15, 0.2) is 53.2 Å². The van der Waals surface area contributed by atoms with Crippen molar-refractivity contribution < 1.29 is 4.79 Å². The smallest absolute Gasteiger partial charge is 0.267 e. The molecule has 0 spiro atoms. The van der Waals surface area contributed by atoms with Crippen LogP contribution in [-0.4, -0.2) is 11.6 Å². The molecule has 1 aromatic rings. The lowest BCUT2D eigenvalue weighted by Crippen LogP contribution is -2.23. The Hall–Kier alpha value is -2.16. The maximum atomic E-state index is 12.2. The fourth-order valence-corrected chi connectivity index (χ4v) is 2.43. The lowest BCUT2D eigenvalue weighted by atomic mass is 9.85. The number of hydrogen-bond acceptors (Lipinski definition) is 2. The Kier molecular flexibility index (Phi) is 4.73. The number of benzene rings is 1. The van der Waals surface area contributed by atoms with Crippen molar-refractivity contribution in [2.45, 2.75) is 33.6 Å². The monoisotopic (exact) mass is 282 g/mol. The molecule has 0 saturated heterocycles. The van der Waals surface area contributed by atoms with Gasteiger partial charge in [-0.2, -0.15) is 5.10 Å². The molecular weight excluding hydrogens is 260 g/mol. The Morgan fingerprint density at radius 3 is 2.71 bits per heavy atom. The Bertz CT molecular complexity index is 626. The second kappa shape index (κ2) is 6.53. The van der Waals surface area contributed by atoms with Crippen molar-refractivity contribution in [2.24, 2.45) is 11.0 Å². The molecule has 1 aromatic carbocycles. The van der Waals surface area contributed by atoms with Gasteiger partial charge in [-0.15, -0.1) is 0 Å². The van der Waals surface area contributed by atoms with E-state index in [-0.39, 0.29) is 5.91 Å². The molecule has 0 fully saturated rings. The summed E-state index contributed by atoms with van der Waals surface area (Å²) in [5, 5.41) is 4.32. The molecule has 1 atom stereocenters. The summed E-state index contributed by atoms with van der Waals surface area (Å²) in [6.07, 6.45) is 4.01. The predicted molar refractivity (Wildman–Crippen MR) is 87.4 cm³/mol. The fraction of sp³-hybridized carbons (Fsp3) is 0.333. The molecule has 0 radical (unpaired) electrons. The molecule has 110 valence electrons. The van der Waals surface area contributed by atoms with Crippen molar-refractivity contribution in [1.82, 2.24) is 5.43 Å². The molecule has 0 unspecified atom stereocenters. The van der Waals surface area contributed by atoms with Crippen LogP contribution >= 0.6 is 0 Å². The van der Waals surface area contributed by atoms with Gasteiger partial charge in [0.1, 0.15) is 0 Å². The molecule has 0 heterocycles. The van der Waals surface area contributed by atoms with E-state index in [4.69, 9.17) is 0 Å². The predicted octanol–water partition coefficient (Wildman–Crippen LogP) is 4.01. The largest absolute Gasteiger partial charge is 0.271 e. The third-order valence-corrected chi connectivity index (χ3v) is 3.98. The van der Waals surface area contributed by atoms with Gasteiger partial charge in [-0.1, -0.05) is 36.4 Å². The lowest BCUT2D eigenvalue weighted by Gasteiger charge is -2.22. The standard InChI is InChI=1S/C18H22N2O/c1-12(2)15-10-9-14(4)17(11-15)19-20-18(21)16-8-6-5-7-13(16)3/h5-9,15H,1,10-11H2,2-4H3,(H,20,21)/b19-17-/t15-/m0/s1. The van der Waals surface area contributed by atoms with Crippen LogP contribution < -0.4 is 5.43 Å². The molecule has 0 aliphatic heterocycles. The van der Waals surface area contributed by atoms with Crippen LogP contribution in [-0.2, 0) is 0 Å². The molecule has 1 amide bonds. The normalized spacial score (nSPS) is 20.0. The SMILES string of the molecule is C=C(C)[C@H]1CC=C(C)/C(=N\NC(=O)c2ccccc2C)C1. The van der Waals surface area contributed by atoms with Crippen molar-refractivity contribution in [3.8, 4) is 0 Å². The highest BCUT2D eigenvalue weighted by molar-refractivity contribution is 6.02. The average molecular weight is 282 g/mol. The van der Waals surface area contributed by atoms with Crippen molar-refractivity contribution in [3.63, 3.8) is 0 Å². The molecule has 3 nitrogen and oxygen atoms in total. The number of nitrogens with one attached hydrogen (secondary N) is 1. The molecule has 0 aromatic heterocycles. The van der Waals surface area contributed by atoms with Gasteiger partial charge in [0.2, 0.25) is 0 Å². The van der Waals surface area contributed by atoms with E-state index in [1.165, 1.54) is 0 Å². The number of allylic oxidation sites excluding steroid dienone is 3. The van der Waals surface area contributed by atoms with Crippen LogP contribution in [0.1, 0.15) is 42.6 Å². The highest BCUT2D eigenvalue weighted by atomic mass is 16.2. The lowest BCUT2D eigenvalue weighted by molar-refractivity contribution is 0.0954. The van der Waals surface area contributed by atoms with Gasteiger partial charge in [-0.05, 0) is 56.7 Å². The van der Waals surface area contributed by atoms with Gasteiger partial charge in [0, 0.05) is 5.56 Å². The molecule has 0 saturated carbocycles. The summed E-state index contributed by atoms with van der Waals surface area (Å²) in [6.45, 7) is 10.0. The van der Waals surface area contributed by atoms with Crippen molar-refractivity contribution >= 4 is 11.6 Å². The van der Waals surface area contributed by atoms with E-state index >= 15 is 0 Å². The second-order valence-electron chi connectivity index (χ2n) is 5.68. The van der Waals surface area contributed by atoms with Crippen molar-refractivity contribution in [1.29, 1.82) is 0 Å². The first-order valence-corrected chi connectivity index (χ1v) is 7.24. The Labute approximate surface area is 126 Å². The summed E-state index contributed by atoms with van der Waals surface area (Å²) in [4.78, 5) is 12.2. The molecule has 3 heteroatoms. The highest BCUT2D eigenvalue weighted by Gasteiger charge is 2.19. The van der Waals surface area contributed by atoms with E-state index in [1.54, 1.807) is 0 Å². The number of carbonyl (C=O) groups excluding carboxylic acids is 1. The quantitative estimate of drug-likeness (QED) is 0.660. The van der Waals surface area contributed by atoms with Crippen LogP contribution in [0.4, 0.5) is 0 Å². The third kappa shape index (κ3) is 3.69. The second-order valence-corrected chi connectivity index (χ2v) is 5.68. The minimum Gasteiger partial charge on any atom is -0.267 e. The number of carbonyl (C=O) groups is 1. The Balaban J connectivity index is 2.12.